The predicted molar refractivity (Wildman–Crippen MR) is 55.0 cm³/mol. The van der Waals surface area contributed by atoms with E-state index >= 15 is 0 Å². The zero-order chi connectivity index (χ0) is 23.9. The maximum Gasteiger partial charge on any atom is 0.460 e. The highest BCUT2D eigenvalue weighted by Crippen LogP contribution is 2.65. The Labute approximate surface area is 147 Å². The van der Waals surface area contributed by atoms with Gasteiger partial charge in [-0.05, 0) is 6.92 Å². The minimum Gasteiger partial charge on any atom is -0.363 e. The van der Waals surface area contributed by atoms with E-state index in [9.17, 15) is 74.6 Å². The van der Waals surface area contributed by atoms with Crippen LogP contribution in [0, 0.1) is 0 Å². The zero-order valence-corrected chi connectivity index (χ0v) is 13.0. The molecule has 0 radical (unpaired) electrons. The van der Waals surface area contributed by atoms with Crippen molar-refractivity contribution >= 4 is 0 Å². The van der Waals surface area contributed by atoms with Crippen LogP contribution in [0.3, 0.4) is 0 Å². The van der Waals surface area contributed by atoms with Gasteiger partial charge in [-0.15, -0.1) is 0 Å². The number of ether oxygens (including phenoxy) is 1. The molecule has 1 atom stereocenters. The van der Waals surface area contributed by atoms with Gasteiger partial charge in [0, 0.05) is 0 Å². The third kappa shape index (κ3) is 2.86. The Balaban J connectivity index is 3.62. The van der Waals surface area contributed by atoms with Gasteiger partial charge in [-0.2, -0.15) is 74.6 Å². The molecular formula is C11H5F17O. The molecule has 1 aliphatic rings. The molecule has 0 amide bonds. The first-order valence-corrected chi connectivity index (χ1v) is 6.56. The van der Waals surface area contributed by atoms with E-state index in [1.165, 1.54) is 0 Å². The van der Waals surface area contributed by atoms with E-state index in [0.29, 0.717) is 0 Å². The molecule has 0 spiro atoms. The van der Waals surface area contributed by atoms with Crippen molar-refractivity contribution in [2.75, 3.05) is 6.61 Å². The topological polar surface area (TPSA) is 12.5 Å². The first-order chi connectivity index (χ1) is 12.2. The lowest BCUT2D eigenvalue weighted by molar-refractivity contribution is -0.463. The molecule has 174 valence electrons. The fraction of sp³-hybridized carbons (Fsp3) is 1.00. The summed E-state index contributed by atoms with van der Waals surface area (Å²) in [5.74, 6) is -56.2. The molecule has 1 unspecified atom stereocenters. The second kappa shape index (κ2) is 5.93. The van der Waals surface area contributed by atoms with Crippen LogP contribution in [0.5, 0.6) is 0 Å². The minimum atomic E-state index is -8.60. The van der Waals surface area contributed by atoms with Crippen LogP contribution in [0.25, 0.3) is 0 Å². The van der Waals surface area contributed by atoms with Crippen LogP contribution < -0.4 is 0 Å². The molecule has 0 aliphatic carbocycles. The van der Waals surface area contributed by atoms with Gasteiger partial charge in [0.15, 0.2) is 5.60 Å². The molecule has 1 heterocycles. The van der Waals surface area contributed by atoms with Crippen LogP contribution in [0.15, 0.2) is 0 Å². The predicted octanol–water partition coefficient (Wildman–Crippen LogP) is 5.78. The van der Waals surface area contributed by atoms with Crippen LogP contribution in [0.4, 0.5) is 74.6 Å². The maximum absolute atomic E-state index is 13.5. The molecule has 29 heavy (non-hydrogen) atoms. The zero-order valence-electron chi connectivity index (χ0n) is 13.0. The van der Waals surface area contributed by atoms with Crippen molar-refractivity contribution in [2.24, 2.45) is 0 Å². The highest BCUT2D eigenvalue weighted by atomic mass is 19.4. The summed E-state index contributed by atoms with van der Waals surface area (Å²) in [4.78, 5) is 0. The number of halogens is 17. The molecule has 1 saturated heterocycles. The first kappa shape index (κ1) is 25.8. The molecule has 0 bridgehead atoms. The number of hydrogen-bond acceptors (Lipinski definition) is 1. The van der Waals surface area contributed by atoms with Gasteiger partial charge in [0.2, 0.25) is 0 Å². The second-order valence-electron chi connectivity index (χ2n) is 6.04. The van der Waals surface area contributed by atoms with E-state index in [0.717, 1.165) is 0 Å². The largest absolute Gasteiger partial charge is 0.460 e. The molecule has 0 N–H and O–H groups in total. The summed E-state index contributed by atoms with van der Waals surface area (Å²) in [6.07, 6.45) is -7.76. The summed E-state index contributed by atoms with van der Waals surface area (Å²) in [6, 6.07) is 0. The average Bonchev–Trinajstić information content (AvgIpc) is 3.24. The highest BCUT2D eigenvalue weighted by Gasteiger charge is 2.96. The molecule has 18 heteroatoms. The summed E-state index contributed by atoms with van der Waals surface area (Å²) in [5.41, 5.74) is -3.68. The van der Waals surface area contributed by atoms with Crippen molar-refractivity contribution in [1.29, 1.82) is 0 Å². The van der Waals surface area contributed by atoms with Crippen molar-refractivity contribution in [3.05, 3.63) is 0 Å². The van der Waals surface area contributed by atoms with Gasteiger partial charge in [0.25, 0.3) is 0 Å². The number of hydrogen-bond donors (Lipinski definition) is 0. The van der Waals surface area contributed by atoms with E-state index in [1.54, 1.807) is 0 Å². The Bertz CT molecular complexity index is 597. The summed E-state index contributed by atoms with van der Waals surface area (Å²) in [5, 5.41) is 0. The van der Waals surface area contributed by atoms with Crippen molar-refractivity contribution < 1.29 is 79.4 Å². The maximum atomic E-state index is 13.5. The van der Waals surface area contributed by atoms with E-state index in [1.807, 2.05) is 0 Å². The number of alkyl halides is 17. The summed E-state index contributed by atoms with van der Waals surface area (Å²) in [6.45, 7) is -1.64. The standard InChI is InChI=1S/C11H5F17O/c1-3(2-29-3)4(12,13)5(14,15)6(16,17)7(18,19)8(20,21)9(22,23)10(24,25)11(26,27)28/h2H2,1H3. The molecule has 1 aliphatic heterocycles. The summed E-state index contributed by atoms with van der Waals surface area (Å²) < 4.78 is 224. The number of epoxide rings is 1. The van der Waals surface area contributed by atoms with Crippen molar-refractivity contribution in [3.8, 4) is 0 Å². The summed E-state index contributed by atoms with van der Waals surface area (Å²) in [7, 11) is 0. The SMILES string of the molecule is CC1(C(F)(F)C(F)(F)C(F)(F)C(F)(F)C(F)(F)C(F)(F)C(F)(F)C(F)(F)F)CO1. The molecule has 1 rings (SSSR count). The molecule has 1 nitrogen and oxygen atoms in total. The van der Waals surface area contributed by atoms with E-state index < -0.39 is 59.8 Å². The van der Waals surface area contributed by atoms with E-state index in [4.69, 9.17) is 0 Å². The molecular weight excluding hydrogens is 471 g/mol. The Hall–Kier alpha value is -1.23. The normalized spacial score (nSPS) is 23.4. The van der Waals surface area contributed by atoms with Crippen LogP contribution >= 0.6 is 0 Å². The van der Waals surface area contributed by atoms with Gasteiger partial charge in [0.05, 0.1) is 6.61 Å². The van der Waals surface area contributed by atoms with Crippen LogP contribution in [-0.4, -0.2) is 59.8 Å². The van der Waals surface area contributed by atoms with Gasteiger partial charge in [0.1, 0.15) is 0 Å². The second-order valence-corrected chi connectivity index (χ2v) is 6.04. The Morgan fingerprint density at radius 3 is 0.966 bits per heavy atom. The smallest absolute Gasteiger partial charge is 0.363 e. The Morgan fingerprint density at radius 2 is 0.724 bits per heavy atom. The lowest BCUT2D eigenvalue weighted by atomic mass is 9.86. The van der Waals surface area contributed by atoms with Gasteiger partial charge >= 0.3 is 47.6 Å². The van der Waals surface area contributed by atoms with Gasteiger partial charge in [-0.25, -0.2) is 0 Å². The molecule has 0 aromatic carbocycles. The van der Waals surface area contributed by atoms with Crippen LogP contribution in [-0.2, 0) is 4.74 Å². The van der Waals surface area contributed by atoms with E-state index in [-0.39, 0.29) is 6.92 Å². The lowest BCUT2D eigenvalue weighted by Crippen LogP contribution is -2.75. The summed E-state index contributed by atoms with van der Waals surface area (Å²) >= 11 is 0. The van der Waals surface area contributed by atoms with Crippen molar-refractivity contribution in [3.63, 3.8) is 0 Å². The van der Waals surface area contributed by atoms with Gasteiger partial charge in [-0.1, -0.05) is 0 Å². The fourth-order valence-corrected chi connectivity index (χ4v) is 1.79. The minimum absolute atomic E-state index is 0.111. The molecule has 0 aromatic heterocycles. The third-order valence-corrected chi connectivity index (χ3v) is 3.96. The van der Waals surface area contributed by atoms with Gasteiger partial charge < -0.3 is 4.74 Å². The van der Waals surface area contributed by atoms with Crippen molar-refractivity contribution in [1.82, 2.24) is 0 Å². The Morgan fingerprint density at radius 1 is 0.483 bits per heavy atom. The lowest BCUT2D eigenvalue weighted by Gasteiger charge is -2.43. The highest BCUT2D eigenvalue weighted by molar-refractivity contribution is 5.19. The molecule has 0 saturated carbocycles. The van der Waals surface area contributed by atoms with Gasteiger partial charge in [-0.3, -0.25) is 0 Å². The fourth-order valence-electron chi connectivity index (χ4n) is 1.79. The number of rotatable bonds is 7. The molecule has 0 aromatic rings. The quantitative estimate of drug-likeness (QED) is 0.335. The van der Waals surface area contributed by atoms with Crippen LogP contribution in [0.2, 0.25) is 0 Å². The monoisotopic (exact) mass is 476 g/mol. The first-order valence-electron chi connectivity index (χ1n) is 6.56. The average molecular weight is 476 g/mol. The van der Waals surface area contributed by atoms with Crippen molar-refractivity contribution in [2.45, 2.75) is 60.2 Å². The molecule has 1 fully saturated rings. The van der Waals surface area contributed by atoms with E-state index in [2.05, 4.69) is 4.74 Å². The third-order valence-electron chi connectivity index (χ3n) is 3.96. The Kier molecular flexibility index (Phi) is 5.27. The van der Waals surface area contributed by atoms with Crippen LogP contribution in [0.1, 0.15) is 6.92 Å².